The average molecular weight is 328 g/mol. The maximum Gasteiger partial charge on any atom is 0.250 e. The predicted molar refractivity (Wildman–Crippen MR) is 83.5 cm³/mol. The molecule has 8 nitrogen and oxygen atoms in total. The Labute approximate surface area is 137 Å². The highest BCUT2D eigenvalue weighted by atomic mass is 16.5. The van der Waals surface area contributed by atoms with E-state index in [2.05, 4.69) is 15.0 Å². The fraction of sp³-hybridized carbons (Fsp3) is 0.312. The summed E-state index contributed by atoms with van der Waals surface area (Å²) in [5.41, 5.74) is 1.05. The highest BCUT2D eigenvalue weighted by molar-refractivity contribution is 5.76. The van der Waals surface area contributed by atoms with Gasteiger partial charge in [-0.1, -0.05) is 18.2 Å². The minimum atomic E-state index is -0.723. The van der Waals surface area contributed by atoms with E-state index in [9.17, 15) is 10.2 Å². The Hall–Kier alpha value is -2.55. The molecule has 3 heterocycles. The number of nitrogens with zero attached hydrogens (tertiary/aromatic N) is 4. The van der Waals surface area contributed by atoms with Crippen LogP contribution in [0.3, 0.4) is 0 Å². The molecule has 124 valence electrons. The van der Waals surface area contributed by atoms with E-state index in [0.717, 1.165) is 0 Å². The van der Waals surface area contributed by atoms with Gasteiger partial charge < -0.3 is 19.7 Å². The van der Waals surface area contributed by atoms with E-state index in [0.29, 0.717) is 29.2 Å². The summed E-state index contributed by atoms with van der Waals surface area (Å²) in [6.45, 7) is -0.234. The molecule has 24 heavy (non-hydrogen) atoms. The fourth-order valence-corrected chi connectivity index (χ4v) is 2.77. The minimum absolute atomic E-state index is 0.234. The molecule has 0 saturated carbocycles. The molecule has 3 atom stereocenters. The third kappa shape index (κ3) is 2.60. The van der Waals surface area contributed by atoms with Crippen LogP contribution in [-0.2, 0) is 4.74 Å². The van der Waals surface area contributed by atoms with Crippen molar-refractivity contribution in [3.8, 4) is 11.6 Å². The van der Waals surface area contributed by atoms with E-state index >= 15 is 0 Å². The Morgan fingerprint density at radius 1 is 1.21 bits per heavy atom. The van der Waals surface area contributed by atoms with Gasteiger partial charge in [-0.3, -0.25) is 4.57 Å². The zero-order chi connectivity index (χ0) is 16.5. The van der Waals surface area contributed by atoms with E-state index in [1.165, 1.54) is 6.33 Å². The number of aliphatic hydroxyl groups excluding tert-OH is 2. The summed E-state index contributed by atoms with van der Waals surface area (Å²) in [6.07, 6.45) is 1.56. The van der Waals surface area contributed by atoms with Crippen LogP contribution in [0.1, 0.15) is 12.6 Å². The van der Waals surface area contributed by atoms with Crippen molar-refractivity contribution < 1.29 is 19.7 Å². The lowest BCUT2D eigenvalue weighted by Crippen LogP contribution is -2.24. The highest BCUT2D eigenvalue weighted by Crippen LogP contribution is 2.32. The molecule has 1 unspecified atom stereocenters. The first kappa shape index (κ1) is 15.0. The van der Waals surface area contributed by atoms with Crippen molar-refractivity contribution in [3.05, 3.63) is 43.0 Å². The quantitative estimate of drug-likeness (QED) is 0.743. The normalized spacial score (nSPS) is 23.7. The maximum atomic E-state index is 9.90. The Bertz CT molecular complexity index is 838. The van der Waals surface area contributed by atoms with Crippen LogP contribution in [0.15, 0.2) is 43.0 Å². The fourth-order valence-electron chi connectivity index (χ4n) is 2.77. The van der Waals surface area contributed by atoms with Gasteiger partial charge in [0, 0.05) is 6.42 Å². The summed E-state index contributed by atoms with van der Waals surface area (Å²) in [4.78, 5) is 12.7. The van der Waals surface area contributed by atoms with Crippen LogP contribution in [0.25, 0.3) is 11.2 Å². The molecule has 0 radical (unpaired) electrons. The van der Waals surface area contributed by atoms with Crippen LogP contribution in [0.4, 0.5) is 0 Å². The van der Waals surface area contributed by atoms with Crippen LogP contribution < -0.4 is 4.74 Å². The molecule has 0 bridgehead atoms. The minimum Gasteiger partial charge on any atom is -0.437 e. The summed E-state index contributed by atoms with van der Waals surface area (Å²) in [5, 5.41) is 19.1. The number of rotatable bonds is 4. The molecule has 1 aliphatic heterocycles. The van der Waals surface area contributed by atoms with E-state index in [1.807, 2.05) is 30.3 Å². The standard InChI is InChI=1S/C16H16N4O4/c21-7-12-11(22)6-13(24-12)20-9-19-14-15(20)17-8-18-16(14)23-10-4-2-1-3-5-10/h1-5,8-9,11-13,21-22H,6-7H2/t11?,12-,13-/m1/s1. The van der Waals surface area contributed by atoms with Crippen LogP contribution >= 0.6 is 0 Å². The third-order valence-corrected chi connectivity index (χ3v) is 3.98. The topological polar surface area (TPSA) is 103 Å². The second-order valence-corrected chi connectivity index (χ2v) is 5.53. The van der Waals surface area contributed by atoms with Gasteiger partial charge in [0.2, 0.25) is 0 Å². The first-order valence-corrected chi connectivity index (χ1v) is 7.61. The van der Waals surface area contributed by atoms with Gasteiger partial charge in [0.05, 0.1) is 19.0 Å². The van der Waals surface area contributed by atoms with Crippen molar-refractivity contribution in [2.24, 2.45) is 0 Å². The maximum absolute atomic E-state index is 9.90. The van der Waals surface area contributed by atoms with E-state index in [-0.39, 0.29) is 6.61 Å². The smallest absolute Gasteiger partial charge is 0.250 e. The van der Waals surface area contributed by atoms with Gasteiger partial charge in [0.25, 0.3) is 5.88 Å². The number of hydrogen-bond acceptors (Lipinski definition) is 7. The molecule has 0 spiro atoms. The van der Waals surface area contributed by atoms with Crippen molar-refractivity contribution in [2.75, 3.05) is 6.61 Å². The number of imidazole rings is 1. The number of aromatic nitrogens is 4. The van der Waals surface area contributed by atoms with Crippen molar-refractivity contribution in [1.29, 1.82) is 0 Å². The molecule has 2 N–H and O–H groups in total. The summed E-state index contributed by atoms with van der Waals surface area (Å²) in [7, 11) is 0. The number of hydrogen-bond donors (Lipinski definition) is 2. The molecule has 1 fully saturated rings. The summed E-state index contributed by atoms with van der Waals surface area (Å²) in [6, 6.07) is 9.29. The Balaban J connectivity index is 1.67. The predicted octanol–water partition coefficient (Wildman–Crippen LogP) is 1.26. The van der Waals surface area contributed by atoms with Gasteiger partial charge in [-0.2, -0.15) is 4.98 Å². The lowest BCUT2D eigenvalue weighted by Gasteiger charge is -2.13. The van der Waals surface area contributed by atoms with Crippen LogP contribution in [0.5, 0.6) is 11.6 Å². The van der Waals surface area contributed by atoms with Crippen LogP contribution in [-0.4, -0.2) is 48.5 Å². The van der Waals surface area contributed by atoms with Crippen molar-refractivity contribution >= 4 is 11.2 Å². The van der Waals surface area contributed by atoms with Gasteiger partial charge in [0.15, 0.2) is 11.2 Å². The first-order valence-electron chi connectivity index (χ1n) is 7.61. The Morgan fingerprint density at radius 3 is 2.79 bits per heavy atom. The SMILES string of the molecule is OC[C@H]1O[C@@H](n2cnc3c(Oc4ccccc4)ncnc32)CC1O. The lowest BCUT2D eigenvalue weighted by molar-refractivity contribution is -0.0432. The number of fused-ring (bicyclic) bond motifs is 1. The molecule has 0 amide bonds. The average Bonchev–Trinajstić information content (AvgIpc) is 3.19. The van der Waals surface area contributed by atoms with E-state index in [1.54, 1.807) is 10.9 Å². The number of aliphatic hydroxyl groups is 2. The molecular formula is C16H16N4O4. The van der Waals surface area contributed by atoms with Gasteiger partial charge >= 0.3 is 0 Å². The molecule has 1 aliphatic rings. The molecular weight excluding hydrogens is 312 g/mol. The largest absolute Gasteiger partial charge is 0.437 e. The Kier molecular flexibility index (Phi) is 3.85. The molecule has 0 aliphatic carbocycles. The van der Waals surface area contributed by atoms with Crippen molar-refractivity contribution in [2.45, 2.75) is 24.9 Å². The zero-order valence-corrected chi connectivity index (χ0v) is 12.7. The number of para-hydroxylation sites is 1. The Morgan fingerprint density at radius 2 is 2.04 bits per heavy atom. The molecule has 4 rings (SSSR count). The van der Waals surface area contributed by atoms with Crippen LogP contribution in [0.2, 0.25) is 0 Å². The second kappa shape index (κ2) is 6.16. The molecule has 8 heteroatoms. The van der Waals surface area contributed by atoms with Gasteiger partial charge in [-0.15, -0.1) is 0 Å². The molecule has 3 aromatic rings. The highest BCUT2D eigenvalue weighted by Gasteiger charge is 2.35. The lowest BCUT2D eigenvalue weighted by atomic mass is 10.2. The number of benzene rings is 1. The number of ether oxygens (including phenoxy) is 2. The van der Waals surface area contributed by atoms with Gasteiger partial charge in [0.1, 0.15) is 24.4 Å². The zero-order valence-electron chi connectivity index (χ0n) is 12.7. The van der Waals surface area contributed by atoms with E-state index in [4.69, 9.17) is 9.47 Å². The summed E-state index contributed by atoms with van der Waals surface area (Å²) >= 11 is 0. The van der Waals surface area contributed by atoms with Gasteiger partial charge in [-0.05, 0) is 12.1 Å². The molecule has 1 aromatic carbocycles. The first-order chi connectivity index (χ1) is 11.8. The second-order valence-electron chi connectivity index (χ2n) is 5.53. The summed E-state index contributed by atoms with van der Waals surface area (Å²) < 4.78 is 13.1. The monoisotopic (exact) mass is 328 g/mol. The van der Waals surface area contributed by atoms with Crippen molar-refractivity contribution in [3.63, 3.8) is 0 Å². The molecule has 1 saturated heterocycles. The van der Waals surface area contributed by atoms with Crippen molar-refractivity contribution in [1.82, 2.24) is 19.5 Å². The van der Waals surface area contributed by atoms with E-state index < -0.39 is 18.4 Å². The van der Waals surface area contributed by atoms with Crippen LogP contribution in [0, 0.1) is 0 Å². The summed E-state index contributed by atoms with van der Waals surface area (Å²) in [5.74, 6) is 1.00. The molecule has 2 aromatic heterocycles. The third-order valence-electron chi connectivity index (χ3n) is 3.98. The van der Waals surface area contributed by atoms with Gasteiger partial charge in [-0.25, -0.2) is 9.97 Å².